The van der Waals surface area contributed by atoms with Gasteiger partial charge in [-0.05, 0) is 55.8 Å². The van der Waals surface area contributed by atoms with E-state index in [1.54, 1.807) is 31.2 Å². The molecule has 2 aromatic carbocycles. The normalized spacial score (nSPS) is 11.0. The smallest absolute Gasteiger partial charge is 0.199 e. The molecule has 3 aromatic rings. The molecule has 1 aromatic heterocycles. The van der Waals surface area contributed by atoms with E-state index in [9.17, 15) is 15.0 Å². The van der Waals surface area contributed by atoms with Crippen LogP contribution < -0.4 is 5.43 Å². The molecule has 0 spiro atoms. The van der Waals surface area contributed by atoms with Gasteiger partial charge in [-0.3, -0.25) is 4.79 Å². The average Bonchev–Trinajstić information content (AvgIpc) is 2.43. The van der Waals surface area contributed by atoms with Gasteiger partial charge in [0.05, 0.1) is 0 Å². The van der Waals surface area contributed by atoms with Crippen LogP contribution in [0.3, 0.4) is 0 Å². The van der Waals surface area contributed by atoms with Crippen LogP contribution in [0.2, 0.25) is 0 Å². The lowest BCUT2D eigenvalue weighted by atomic mass is 10.0. The highest BCUT2D eigenvalue weighted by atomic mass is 16.3. The van der Waals surface area contributed by atoms with Gasteiger partial charge < -0.3 is 14.6 Å². The zero-order valence-electron chi connectivity index (χ0n) is 11.7. The van der Waals surface area contributed by atoms with Crippen LogP contribution in [0.15, 0.2) is 45.6 Å². The molecular weight excluding hydrogens is 268 g/mol. The molecule has 3 rings (SSSR count). The molecule has 0 aliphatic carbocycles. The second kappa shape index (κ2) is 4.66. The Morgan fingerprint density at radius 3 is 2.33 bits per heavy atom. The number of aromatic hydroxyl groups is 2. The molecule has 106 valence electrons. The zero-order chi connectivity index (χ0) is 15.1. The second-order valence-electron chi connectivity index (χ2n) is 5.09. The number of fused-ring (bicyclic) bond motifs is 1. The van der Waals surface area contributed by atoms with Crippen molar-refractivity contribution in [1.29, 1.82) is 0 Å². The van der Waals surface area contributed by atoms with Gasteiger partial charge in [0.1, 0.15) is 28.2 Å². The first-order valence-corrected chi connectivity index (χ1v) is 6.54. The highest BCUT2D eigenvalue weighted by molar-refractivity contribution is 5.86. The largest absolute Gasteiger partial charge is 0.508 e. The minimum atomic E-state index is -0.253. The second-order valence-corrected chi connectivity index (χ2v) is 5.09. The Labute approximate surface area is 120 Å². The molecule has 21 heavy (non-hydrogen) atoms. The van der Waals surface area contributed by atoms with Crippen molar-refractivity contribution in [1.82, 2.24) is 0 Å². The summed E-state index contributed by atoms with van der Waals surface area (Å²) in [7, 11) is 0. The van der Waals surface area contributed by atoms with E-state index < -0.39 is 0 Å². The first-order valence-electron chi connectivity index (χ1n) is 6.54. The minimum absolute atomic E-state index is 0.0703. The van der Waals surface area contributed by atoms with Crippen molar-refractivity contribution >= 4 is 11.0 Å². The lowest BCUT2D eigenvalue weighted by Crippen LogP contribution is -2.07. The third kappa shape index (κ3) is 2.14. The maximum Gasteiger partial charge on any atom is 0.199 e. The van der Waals surface area contributed by atoms with E-state index in [0.29, 0.717) is 22.5 Å². The molecule has 0 saturated heterocycles. The number of phenols is 2. The number of hydrogen-bond donors (Lipinski definition) is 2. The van der Waals surface area contributed by atoms with Crippen LogP contribution in [0.25, 0.3) is 22.3 Å². The Bertz CT molecular complexity index is 889. The van der Waals surface area contributed by atoms with Crippen LogP contribution in [0.5, 0.6) is 11.5 Å². The van der Waals surface area contributed by atoms with Crippen molar-refractivity contribution in [3.63, 3.8) is 0 Å². The van der Waals surface area contributed by atoms with Crippen LogP contribution in [0, 0.1) is 13.8 Å². The molecule has 4 heteroatoms. The summed E-state index contributed by atoms with van der Waals surface area (Å²) in [5.41, 5.74) is 2.03. The zero-order valence-corrected chi connectivity index (χ0v) is 11.7. The van der Waals surface area contributed by atoms with E-state index in [-0.39, 0.29) is 22.3 Å². The van der Waals surface area contributed by atoms with Gasteiger partial charge in [-0.1, -0.05) is 0 Å². The molecule has 0 bridgehead atoms. The Balaban J connectivity index is 2.37. The molecule has 0 unspecified atom stereocenters. The van der Waals surface area contributed by atoms with Crippen molar-refractivity contribution in [2.24, 2.45) is 0 Å². The first kappa shape index (κ1) is 13.2. The van der Waals surface area contributed by atoms with Gasteiger partial charge in [-0.15, -0.1) is 0 Å². The van der Waals surface area contributed by atoms with Gasteiger partial charge in [0.15, 0.2) is 5.43 Å². The molecule has 1 heterocycles. The Morgan fingerprint density at radius 1 is 1.00 bits per heavy atom. The molecule has 0 amide bonds. The van der Waals surface area contributed by atoms with E-state index in [1.165, 1.54) is 12.1 Å². The summed E-state index contributed by atoms with van der Waals surface area (Å²) in [6.07, 6.45) is 0. The van der Waals surface area contributed by atoms with Crippen molar-refractivity contribution in [3.05, 3.63) is 57.7 Å². The predicted molar refractivity (Wildman–Crippen MR) is 80.7 cm³/mol. The molecule has 0 fully saturated rings. The number of benzene rings is 2. The fourth-order valence-electron chi connectivity index (χ4n) is 2.41. The molecule has 2 N–H and O–H groups in total. The summed E-state index contributed by atoms with van der Waals surface area (Å²) in [5.74, 6) is 0.518. The van der Waals surface area contributed by atoms with Crippen molar-refractivity contribution in [2.45, 2.75) is 13.8 Å². The molecule has 0 radical (unpaired) electrons. The minimum Gasteiger partial charge on any atom is -0.508 e. The van der Waals surface area contributed by atoms with Crippen molar-refractivity contribution in [2.75, 3.05) is 0 Å². The molecule has 0 saturated carbocycles. The first-order chi connectivity index (χ1) is 9.97. The third-order valence-corrected chi connectivity index (χ3v) is 3.48. The summed E-state index contributed by atoms with van der Waals surface area (Å²) >= 11 is 0. The van der Waals surface area contributed by atoms with Gasteiger partial charge >= 0.3 is 0 Å². The highest BCUT2D eigenvalue weighted by Crippen LogP contribution is 2.30. The van der Waals surface area contributed by atoms with E-state index in [1.807, 2.05) is 6.92 Å². The van der Waals surface area contributed by atoms with Gasteiger partial charge in [0.2, 0.25) is 0 Å². The highest BCUT2D eigenvalue weighted by Gasteiger charge is 2.15. The summed E-state index contributed by atoms with van der Waals surface area (Å²) in [6.45, 7) is 3.48. The Kier molecular flexibility index (Phi) is 2.94. The fourth-order valence-corrected chi connectivity index (χ4v) is 2.41. The quantitative estimate of drug-likeness (QED) is 0.716. The van der Waals surface area contributed by atoms with Crippen molar-refractivity contribution < 1.29 is 14.6 Å². The standard InChI is InChI=1S/C17H14O4/c1-9-7-13(19)15-14(8-9)21-17(10(2)16(15)20)11-3-5-12(18)6-4-11/h3-8,18-19H,1-2H3. The van der Waals surface area contributed by atoms with Gasteiger partial charge in [0, 0.05) is 11.1 Å². The van der Waals surface area contributed by atoms with Crippen LogP contribution in [-0.2, 0) is 0 Å². The molecule has 0 aliphatic rings. The van der Waals surface area contributed by atoms with Gasteiger partial charge in [-0.2, -0.15) is 0 Å². The third-order valence-electron chi connectivity index (χ3n) is 3.48. The Hall–Kier alpha value is -2.75. The summed E-state index contributed by atoms with van der Waals surface area (Å²) in [5, 5.41) is 19.5. The average molecular weight is 282 g/mol. The van der Waals surface area contributed by atoms with E-state index in [4.69, 9.17) is 4.42 Å². The van der Waals surface area contributed by atoms with Crippen LogP contribution in [-0.4, -0.2) is 10.2 Å². The number of rotatable bonds is 1. The summed E-state index contributed by atoms with van der Waals surface area (Å²) in [4.78, 5) is 12.5. The van der Waals surface area contributed by atoms with Gasteiger partial charge in [-0.25, -0.2) is 0 Å². The summed E-state index contributed by atoms with van der Waals surface area (Å²) in [6, 6.07) is 9.70. The SMILES string of the molecule is Cc1cc(O)c2c(=O)c(C)c(-c3ccc(O)cc3)oc2c1. The van der Waals surface area contributed by atoms with Crippen LogP contribution in [0.4, 0.5) is 0 Å². The number of phenolic OH excluding ortho intramolecular Hbond substituents is 2. The lowest BCUT2D eigenvalue weighted by molar-refractivity contribution is 0.475. The van der Waals surface area contributed by atoms with Crippen molar-refractivity contribution in [3.8, 4) is 22.8 Å². The van der Waals surface area contributed by atoms with Crippen LogP contribution in [0.1, 0.15) is 11.1 Å². The van der Waals surface area contributed by atoms with Gasteiger partial charge in [0.25, 0.3) is 0 Å². The maximum absolute atomic E-state index is 12.5. The number of aryl methyl sites for hydroxylation is 1. The van der Waals surface area contributed by atoms with Crippen LogP contribution >= 0.6 is 0 Å². The molecular formula is C17H14O4. The topological polar surface area (TPSA) is 70.7 Å². The molecule has 0 aliphatic heterocycles. The fraction of sp³-hybridized carbons (Fsp3) is 0.118. The molecule has 0 atom stereocenters. The summed E-state index contributed by atoms with van der Waals surface area (Å²) < 4.78 is 5.82. The van der Waals surface area contributed by atoms with E-state index in [0.717, 1.165) is 5.56 Å². The van der Waals surface area contributed by atoms with E-state index in [2.05, 4.69) is 0 Å². The maximum atomic E-state index is 12.5. The monoisotopic (exact) mass is 282 g/mol. The van der Waals surface area contributed by atoms with E-state index >= 15 is 0 Å². The predicted octanol–water partition coefficient (Wildman–Crippen LogP) is 3.49. The lowest BCUT2D eigenvalue weighted by Gasteiger charge is -2.09. The molecule has 4 nitrogen and oxygen atoms in total. The number of hydrogen-bond acceptors (Lipinski definition) is 4. The Morgan fingerprint density at radius 2 is 1.67 bits per heavy atom.